The van der Waals surface area contributed by atoms with Gasteiger partial charge in [0.2, 0.25) is 5.91 Å². The van der Waals surface area contributed by atoms with Crippen LogP contribution in [0.4, 0.5) is 0 Å². The summed E-state index contributed by atoms with van der Waals surface area (Å²) in [5.74, 6) is -0.487. The highest BCUT2D eigenvalue weighted by atomic mass is 16.3. The summed E-state index contributed by atoms with van der Waals surface area (Å²) in [7, 11) is 2.08. The highest BCUT2D eigenvalue weighted by Crippen LogP contribution is 2.44. The van der Waals surface area contributed by atoms with Crippen molar-refractivity contribution in [3.8, 4) is 0 Å². The topological polar surface area (TPSA) is 69.8 Å². The van der Waals surface area contributed by atoms with Crippen molar-refractivity contribution in [2.75, 3.05) is 26.7 Å². The molecule has 0 aromatic heterocycles. The summed E-state index contributed by atoms with van der Waals surface area (Å²) in [6.07, 6.45) is 2.24. The summed E-state index contributed by atoms with van der Waals surface area (Å²) in [4.78, 5) is 15.3. The minimum absolute atomic E-state index is 0.0167. The number of carbonyl (C=O) groups excluding carboxylic acids is 1. The van der Waals surface area contributed by atoms with Gasteiger partial charge in [0.05, 0.1) is 12.1 Å². The lowest BCUT2D eigenvalue weighted by molar-refractivity contribution is -0.127. The molecule has 5 nitrogen and oxygen atoms in total. The Morgan fingerprint density at radius 1 is 1.75 bits per heavy atom. The molecule has 5 heteroatoms. The fourth-order valence-corrected chi connectivity index (χ4v) is 2.86. The lowest BCUT2D eigenvalue weighted by atomic mass is 9.82. The van der Waals surface area contributed by atoms with Gasteiger partial charge in [-0.1, -0.05) is 6.58 Å². The van der Waals surface area contributed by atoms with Crippen LogP contribution in [0.5, 0.6) is 0 Å². The number of aliphatic hydroxyl groups is 1. The van der Waals surface area contributed by atoms with Gasteiger partial charge in [0.25, 0.3) is 0 Å². The number of nitrogens with zero attached hydrogens (tertiary/aromatic N) is 2. The standard InChI is InChI=1S/C11H19N3O2/c1-8-11(4-3-5-13(11)2)7-14(8)9(6-15)10(12)16/h9,15H,1,3-7H2,2H3,(H2,12,16)/t9-,11?/m0/s1. The Balaban J connectivity index is 2.09. The molecule has 2 fully saturated rings. The lowest BCUT2D eigenvalue weighted by Crippen LogP contribution is -2.68. The van der Waals surface area contributed by atoms with Gasteiger partial charge in [-0.15, -0.1) is 0 Å². The van der Waals surface area contributed by atoms with Crippen molar-refractivity contribution in [3.63, 3.8) is 0 Å². The fraction of sp³-hybridized carbons (Fsp3) is 0.727. The second-order valence-electron chi connectivity index (χ2n) is 4.73. The molecule has 1 spiro atoms. The maximum atomic E-state index is 11.2. The zero-order valence-electron chi connectivity index (χ0n) is 9.65. The first-order valence-electron chi connectivity index (χ1n) is 5.60. The van der Waals surface area contributed by atoms with Crippen molar-refractivity contribution in [2.24, 2.45) is 5.73 Å². The van der Waals surface area contributed by atoms with E-state index in [1.165, 1.54) is 0 Å². The summed E-state index contributed by atoms with van der Waals surface area (Å²) >= 11 is 0. The molecule has 2 rings (SSSR count). The van der Waals surface area contributed by atoms with E-state index in [0.29, 0.717) is 0 Å². The van der Waals surface area contributed by atoms with Crippen LogP contribution in [0.3, 0.4) is 0 Å². The van der Waals surface area contributed by atoms with E-state index in [-0.39, 0.29) is 12.1 Å². The van der Waals surface area contributed by atoms with Crippen molar-refractivity contribution in [1.82, 2.24) is 9.80 Å². The average molecular weight is 225 g/mol. The molecule has 1 amide bonds. The first kappa shape index (κ1) is 11.4. The number of rotatable bonds is 3. The Morgan fingerprint density at radius 2 is 2.44 bits per heavy atom. The van der Waals surface area contributed by atoms with Gasteiger partial charge in [-0.05, 0) is 26.4 Å². The molecule has 90 valence electrons. The van der Waals surface area contributed by atoms with Gasteiger partial charge in [-0.2, -0.15) is 0 Å². The summed E-state index contributed by atoms with van der Waals surface area (Å²) in [6.45, 7) is 5.61. The van der Waals surface area contributed by atoms with Crippen LogP contribution in [0, 0.1) is 0 Å². The maximum absolute atomic E-state index is 11.2. The molecule has 1 unspecified atom stereocenters. The van der Waals surface area contributed by atoms with Crippen LogP contribution in [-0.2, 0) is 4.79 Å². The van der Waals surface area contributed by atoms with Gasteiger partial charge in [-0.3, -0.25) is 9.69 Å². The molecule has 0 aliphatic carbocycles. The number of hydrogen-bond acceptors (Lipinski definition) is 4. The predicted octanol–water partition coefficient (Wildman–Crippen LogP) is -0.874. The number of aliphatic hydroxyl groups excluding tert-OH is 1. The highest BCUT2D eigenvalue weighted by Gasteiger charge is 2.54. The molecule has 2 heterocycles. The quantitative estimate of drug-likeness (QED) is 0.655. The van der Waals surface area contributed by atoms with Crippen molar-refractivity contribution < 1.29 is 9.90 Å². The van der Waals surface area contributed by atoms with Crippen LogP contribution >= 0.6 is 0 Å². The molecular formula is C11H19N3O2. The average Bonchev–Trinajstić information content (AvgIpc) is 2.62. The lowest BCUT2D eigenvalue weighted by Gasteiger charge is -2.56. The van der Waals surface area contributed by atoms with Gasteiger partial charge < -0.3 is 15.7 Å². The summed E-state index contributed by atoms with van der Waals surface area (Å²) in [5.41, 5.74) is 6.18. The van der Waals surface area contributed by atoms with Gasteiger partial charge in [0, 0.05) is 12.2 Å². The number of amides is 1. The molecule has 0 radical (unpaired) electrons. The summed E-state index contributed by atoms with van der Waals surface area (Å²) in [5, 5.41) is 9.15. The van der Waals surface area contributed by atoms with E-state index in [0.717, 1.165) is 31.6 Å². The molecule has 0 aromatic rings. The van der Waals surface area contributed by atoms with Gasteiger partial charge in [0.15, 0.2) is 0 Å². The van der Waals surface area contributed by atoms with E-state index >= 15 is 0 Å². The van der Waals surface area contributed by atoms with Crippen molar-refractivity contribution in [1.29, 1.82) is 0 Å². The molecule has 0 bridgehead atoms. The summed E-state index contributed by atoms with van der Waals surface area (Å²) in [6, 6.07) is -0.618. The van der Waals surface area contributed by atoms with E-state index in [1.807, 2.05) is 4.90 Å². The van der Waals surface area contributed by atoms with Crippen LogP contribution in [0.1, 0.15) is 12.8 Å². The smallest absolute Gasteiger partial charge is 0.242 e. The molecule has 0 aromatic carbocycles. The Kier molecular flexibility index (Phi) is 2.67. The largest absolute Gasteiger partial charge is 0.394 e. The SMILES string of the molecule is C=C1N([C@@H](CO)C(N)=O)CC12CCCN2C. The van der Waals surface area contributed by atoms with Crippen LogP contribution < -0.4 is 5.73 Å². The molecule has 16 heavy (non-hydrogen) atoms. The number of hydrogen-bond donors (Lipinski definition) is 2. The Hall–Kier alpha value is -1.07. The Bertz CT molecular complexity index is 331. The molecule has 0 saturated carbocycles. The maximum Gasteiger partial charge on any atom is 0.242 e. The summed E-state index contributed by atoms with van der Waals surface area (Å²) < 4.78 is 0. The molecule has 2 atom stereocenters. The number of nitrogens with two attached hydrogens (primary N) is 1. The van der Waals surface area contributed by atoms with E-state index in [2.05, 4.69) is 18.5 Å². The van der Waals surface area contributed by atoms with Gasteiger partial charge in [0.1, 0.15) is 6.04 Å². The van der Waals surface area contributed by atoms with E-state index < -0.39 is 11.9 Å². The second kappa shape index (κ2) is 3.75. The van der Waals surface area contributed by atoms with E-state index in [1.54, 1.807) is 0 Å². The molecule has 3 N–H and O–H groups in total. The van der Waals surface area contributed by atoms with Gasteiger partial charge >= 0.3 is 0 Å². The Labute approximate surface area is 95.5 Å². The minimum atomic E-state index is -0.618. The normalized spacial score (nSPS) is 31.9. The minimum Gasteiger partial charge on any atom is -0.394 e. The zero-order chi connectivity index (χ0) is 11.9. The number of carbonyl (C=O) groups is 1. The Morgan fingerprint density at radius 3 is 2.81 bits per heavy atom. The third-order valence-electron chi connectivity index (χ3n) is 4.01. The van der Waals surface area contributed by atoms with E-state index in [4.69, 9.17) is 10.8 Å². The monoisotopic (exact) mass is 225 g/mol. The van der Waals surface area contributed by atoms with Crippen molar-refractivity contribution in [2.45, 2.75) is 24.4 Å². The van der Waals surface area contributed by atoms with Crippen LogP contribution in [0.2, 0.25) is 0 Å². The predicted molar refractivity (Wildman–Crippen MR) is 60.5 cm³/mol. The first-order valence-corrected chi connectivity index (χ1v) is 5.60. The molecule has 2 saturated heterocycles. The van der Waals surface area contributed by atoms with Crippen LogP contribution in [0.15, 0.2) is 12.3 Å². The highest BCUT2D eigenvalue weighted by molar-refractivity contribution is 5.80. The first-order chi connectivity index (χ1) is 7.53. The zero-order valence-corrected chi connectivity index (χ0v) is 9.65. The van der Waals surface area contributed by atoms with E-state index in [9.17, 15) is 4.79 Å². The van der Waals surface area contributed by atoms with Crippen molar-refractivity contribution in [3.05, 3.63) is 12.3 Å². The van der Waals surface area contributed by atoms with Crippen LogP contribution in [-0.4, -0.2) is 59.1 Å². The second-order valence-corrected chi connectivity index (χ2v) is 4.73. The van der Waals surface area contributed by atoms with Gasteiger partial charge in [-0.25, -0.2) is 0 Å². The molecular weight excluding hydrogens is 206 g/mol. The number of likely N-dealkylation sites (tertiary alicyclic amines) is 2. The third kappa shape index (κ3) is 1.35. The third-order valence-corrected chi connectivity index (χ3v) is 4.01. The number of primary amides is 1. The number of likely N-dealkylation sites (N-methyl/N-ethyl adjacent to an activating group) is 1. The van der Waals surface area contributed by atoms with Crippen molar-refractivity contribution >= 4 is 5.91 Å². The molecule has 2 aliphatic heterocycles. The van der Waals surface area contributed by atoms with Crippen LogP contribution in [0.25, 0.3) is 0 Å². The fourth-order valence-electron chi connectivity index (χ4n) is 2.86. The molecule has 2 aliphatic rings.